The highest BCUT2D eigenvalue weighted by molar-refractivity contribution is 6.19. The second kappa shape index (κ2) is 7.73. The van der Waals surface area contributed by atoms with Gasteiger partial charge < -0.3 is 24.9 Å². The maximum atomic E-state index is 13.2. The van der Waals surface area contributed by atoms with E-state index in [1.807, 2.05) is 0 Å². The number of rotatable bonds is 6. The van der Waals surface area contributed by atoms with Crippen molar-refractivity contribution in [2.24, 2.45) is 5.41 Å². The molecule has 1 aromatic rings. The van der Waals surface area contributed by atoms with E-state index in [1.165, 1.54) is 12.0 Å². The number of urea groups is 1. The molecular formula is C20H24N3O6-. The summed E-state index contributed by atoms with van der Waals surface area (Å²) in [4.78, 5) is 52.0. The summed E-state index contributed by atoms with van der Waals surface area (Å²) in [5.74, 6) is -1.55. The lowest BCUT2D eigenvalue weighted by Gasteiger charge is -2.37. The van der Waals surface area contributed by atoms with E-state index in [4.69, 9.17) is 4.74 Å². The molecular weight excluding hydrogens is 378 g/mol. The van der Waals surface area contributed by atoms with E-state index in [0.717, 1.165) is 4.90 Å². The number of hydrogen-bond acceptors (Lipinski definition) is 6. The summed E-state index contributed by atoms with van der Waals surface area (Å²) in [6.45, 7) is 3.65. The van der Waals surface area contributed by atoms with Crippen LogP contribution >= 0.6 is 0 Å². The minimum atomic E-state index is -1.23. The van der Waals surface area contributed by atoms with E-state index >= 15 is 0 Å². The fraction of sp³-hybridized carbons (Fsp3) is 0.500. The van der Waals surface area contributed by atoms with E-state index in [9.17, 15) is 24.3 Å². The number of imide groups is 1. The molecule has 4 amide bonds. The molecule has 29 heavy (non-hydrogen) atoms. The van der Waals surface area contributed by atoms with Crippen LogP contribution in [-0.4, -0.2) is 54.5 Å². The minimum Gasteiger partial charge on any atom is -0.550 e. The van der Waals surface area contributed by atoms with Gasteiger partial charge in [-0.05, 0) is 30.4 Å². The fourth-order valence-electron chi connectivity index (χ4n) is 3.94. The molecule has 1 N–H and O–H groups in total. The Bertz CT molecular complexity index is 852. The topological polar surface area (TPSA) is 119 Å². The van der Waals surface area contributed by atoms with Gasteiger partial charge in [-0.2, -0.15) is 0 Å². The number of likely N-dealkylation sites (tertiary alicyclic amines) is 1. The zero-order valence-corrected chi connectivity index (χ0v) is 16.6. The third-order valence-electron chi connectivity index (χ3n) is 5.27. The molecule has 9 nitrogen and oxygen atoms in total. The monoisotopic (exact) mass is 402 g/mol. The normalized spacial score (nSPS) is 21.6. The molecule has 0 aliphatic carbocycles. The predicted octanol–water partition coefficient (Wildman–Crippen LogP) is 0.277. The highest BCUT2D eigenvalue weighted by atomic mass is 16.5. The third-order valence-corrected chi connectivity index (χ3v) is 5.27. The van der Waals surface area contributed by atoms with Crippen LogP contribution in [0.15, 0.2) is 24.3 Å². The van der Waals surface area contributed by atoms with Crippen LogP contribution in [0, 0.1) is 5.41 Å². The lowest BCUT2D eigenvalue weighted by molar-refractivity contribution is -0.307. The Hall–Kier alpha value is -3.10. The van der Waals surface area contributed by atoms with E-state index < -0.39 is 35.4 Å². The van der Waals surface area contributed by atoms with Crippen LogP contribution in [0.1, 0.15) is 33.1 Å². The van der Waals surface area contributed by atoms with Crippen molar-refractivity contribution in [3.63, 3.8) is 0 Å². The molecule has 0 radical (unpaired) electrons. The molecule has 2 atom stereocenters. The van der Waals surface area contributed by atoms with Gasteiger partial charge in [0.2, 0.25) is 5.91 Å². The Kier molecular flexibility index (Phi) is 5.50. The number of fused-ring (bicyclic) bond motifs is 1. The molecule has 9 heteroatoms. The second-order valence-corrected chi connectivity index (χ2v) is 8.14. The number of anilines is 1. The quantitative estimate of drug-likeness (QED) is 0.730. The molecule has 3 rings (SSSR count). The van der Waals surface area contributed by atoms with E-state index in [0.29, 0.717) is 24.4 Å². The van der Waals surface area contributed by atoms with Gasteiger partial charge in [0.1, 0.15) is 11.8 Å². The predicted molar refractivity (Wildman–Crippen MR) is 101 cm³/mol. The molecule has 0 saturated carbocycles. The van der Waals surface area contributed by atoms with E-state index in [-0.39, 0.29) is 18.7 Å². The maximum Gasteiger partial charge on any atom is 0.329 e. The zero-order chi connectivity index (χ0) is 21.3. The number of aliphatic carboxylic acids is 1. The van der Waals surface area contributed by atoms with Crippen LogP contribution in [0.5, 0.6) is 5.75 Å². The van der Waals surface area contributed by atoms with Crippen molar-refractivity contribution in [2.75, 3.05) is 18.6 Å². The van der Waals surface area contributed by atoms with Crippen LogP contribution in [0.2, 0.25) is 0 Å². The number of nitrogens with zero attached hydrogens (tertiary/aromatic N) is 2. The average Bonchev–Trinajstić information content (AvgIpc) is 3.04. The molecule has 0 aromatic heterocycles. The number of methoxy groups -OCH3 is 1. The Morgan fingerprint density at radius 2 is 2.00 bits per heavy atom. The molecule has 1 aromatic carbocycles. The summed E-state index contributed by atoms with van der Waals surface area (Å²) in [6, 6.07) is 4.71. The van der Waals surface area contributed by atoms with Gasteiger partial charge in [0, 0.05) is 25.0 Å². The Morgan fingerprint density at radius 1 is 1.28 bits per heavy atom. The maximum absolute atomic E-state index is 13.2. The van der Waals surface area contributed by atoms with E-state index in [1.54, 1.807) is 38.1 Å². The van der Waals surface area contributed by atoms with Crippen molar-refractivity contribution < 1.29 is 29.0 Å². The highest BCUT2D eigenvalue weighted by Crippen LogP contribution is 2.32. The van der Waals surface area contributed by atoms with Gasteiger partial charge in [0.05, 0.1) is 18.8 Å². The van der Waals surface area contributed by atoms with Gasteiger partial charge in [-0.25, -0.2) is 9.69 Å². The largest absolute Gasteiger partial charge is 0.550 e. The Balaban J connectivity index is 1.83. The molecule has 2 aliphatic rings. The number of carbonyl (C=O) groups is 4. The summed E-state index contributed by atoms with van der Waals surface area (Å²) < 4.78 is 5.16. The van der Waals surface area contributed by atoms with Crippen LogP contribution in [0.4, 0.5) is 10.5 Å². The van der Waals surface area contributed by atoms with Crippen molar-refractivity contribution in [3.05, 3.63) is 24.3 Å². The molecule has 2 heterocycles. The highest BCUT2D eigenvalue weighted by Gasteiger charge is 2.50. The van der Waals surface area contributed by atoms with Gasteiger partial charge in [0.25, 0.3) is 5.91 Å². The van der Waals surface area contributed by atoms with E-state index in [2.05, 4.69) is 5.32 Å². The molecule has 0 bridgehead atoms. The summed E-state index contributed by atoms with van der Waals surface area (Å²) >= 11 is 0. The average molecular weight is 402 g/mol. The lowest BCUT2D eigenvalue weighted by Crippen LogP contribution is -2.65. The zero-order valence-electron chi connectivity index (χ0n) is 16.6. The third kappa shape index (κ3) is 4.18. The first kappa shape index (κ1) is 20.6. The first-order valence-corrected chi connectivity index (χ1v) is 9.41. The number of nitrogens with one attached hydrogen (secondary N) is 1. The summed E-state index contributed by atoms with van der Waals surface area (Å²) in [6.07, 6.45) is 0.159. The summed E-state index contributed by atoms with van der Waals surface area (Å²) in [5, 5.41) is 13.7. The summed E-state index contributed by atoms with van der Waals surface area (Å²) in [5.41, 5.74) is -0.455. The van der Waals surface area contributed by atoms with Crippen LogP contribution in [0.25, 0.3) is 0 Å². The lowest BCUT2D eigenvalue weighted by atomic mass is 9.85. The standard InChI is InChI=1S/C20H25N3O6/c1-20(2,11-16(25)26)10-15(24)22-8-7-14-17(22)18(27)23(19(28)21-14)12-5-4-6-13(9-12)29-3/h4-6,9,14,17H,7-8,10-11H2,1-3H3,(H,21,28)(H,25,26)/p-1/t14-,17+/m1/s1. The molecule has 0 spiro atoms. The van der Waals surface area contributed by atoms with Crippen LogP contribution in [-0.2, 0) is 14.4 Å². The Morgan fingerprint density at radius 3 is 2.66 bits per heavy atom. The number of carbonyl (C=O) groups excluding carboxylic acids is 4. The van der Waals surface area contributed by atoms with Gasteiger partial charge in [-0.1, -0.05) is 19.9 Å². The molecule has 156 valence electrons. The number of carboxylic acid groups (broad SMARTS) is 1. The number of carboxylic acids is 1. The second-order valence-electron chi connectivity index (χ2n) is 8.14. The fourth-order valence-corrected chi connectivity index (χ4v) is 3.94. The van der Waals surface area contributed by atoms with Crippen LogP contribution < -0.4 is 20.1 Å². The molecule has 2 fully saturated rings. The first-order valence-electron chi connectivity index (χ1n) is 9.41. The first-order chi connectivity index (χ1) is 13.6. The van der Waals surface area contributed by atoms with Gasteiger partial charge in [-0.15, -0.1) is 0 Å². The van der Waals surface area contributed by atoms with Crippen molar-refractivity contribution in [1.29, 1.82) is 0 Å². The smallest absolute Gasteiger partial charge is 0.329 e. The molecule has 2 aliphatic heterocycles. The minimum absolute atomic E-state index is 0.0371. The van der Waals surface area contributed by atoms with Crippen molar-refractivity contribution in [3.8, 4) is 5.75 Å². The number of amides is 4. The molecule has 2 saturated heterocycles. The van der Waals surface area contributed by atoms with Gasteiger partial charge >= 0.3 is 6.03 Å². The van der Waals surface area contributed by atoms with Crippen molar-refractivity contribution in [2.45, 2.75) is 45.2 Å². The number of hydrogen-bond donors (Lipinski definition) is 1. The number of benzene rings is 1. The van der Waals surface area contributed by atoms with Crippen molar-refractivity contribution >= 4 is 29.5 Å². The van der Waals surface area contributed by atoms with Gasteiger partial charge in [-0.3, -0.25) is 9.59 Å². The van der Waals surface area contributed by atoms with Crippen LogP contribution in [0.3, 0.4) is 0 Å². The van der Waals surface area contributed by atoms with Crippen molar-refractivity contribution in [1.82, 2.24) is 10.2 Å². The Labute approximate surface area is 168 Å². The van der Waals surface area contributed by atoms with Gasteiger partial charge in [0.15, 0.2) is 0 Å². The molecule has 0 unspecified atom stereocenters. The number of ether oxygens (including phenoxy) is 1. The SMILES string of the molecule is COc1cccc(N2C(=O)N[C@@H]3CCN(C(=O)CC(C)(C)CC(=O)[O-])[C@@H]3C2=O)c1. The summed E-state index contributed by atoms with van der Waals surface area (Å²) in [7, 11) is 1.49.